The molecule has 0 spiro atoms. The summed E-state index contributed by atoms with van der Waals surface area (Å²) in [6.45, 7) is 7.52. The number of hydrogen-bond acceptors (Lipinski definition) is 4. The minimum Gasteiger partial charge on any atom is -0.376 e. The third-order valence-corrected chi connectivity index (χ3v) is 6.48. The molecule has 1 unspecified atom stereocenters. The number of anilines is 2. The van der Waals surface area contributed by atoms with Gasteiger partial charge in [-0.25, -0.2) is 8.42 Å². The van der Waals surface area contributed by atoms with E-state index in [1.165, 1.54) is 6.42 Å². The Bertz CT molecular complexity index is 687. The third-order valence-electron chi connectivity index (χ3n) is 4.17. The fourth-order valence-corrected chi connectivity index (χ4v) is 4.16. The van der Waals surface area contributed by atoms with E-state index in [2.05, 4.69) is 17.1 Å². The molecule has 1 aliphatic rings. The SMILES string of the molecule is CC1CCCN(c2ccc(S(=O)(=O)C(C)C)c(NC(N)=S)c2)C1. The zero-order chi connectivity index (χ0) is 17.2. The molecule has 7 heteroatoms. The second-order valence-electron chi connectivity index (χ2n) is 6.46. The van der Waals surface area contributed by atoms with Gasteiger partial charge in [0.15, 0.2) is 14.9 Å². The first-order valence-electron chi connectivity index (χ1n) is 7.91. The maximum atomic E-state index is 12.5. The Balaban J connectivity index is 2.44. The van der Waals surface area contributed by atoms with Crippen LogP contribution in [-0.2, 0) is 9.84 Å². The van der Waals surface area contributed by atoms with E-state index in [0.717, 1.165) is 25.2 Å². The molecule has 1 aliphatic heterocycles. The number of benzene rings is 1. The van der Waals surface area contributed by atoms with Crippen molar-refractivity contribution >= 4 is 38.5 Å². The van der Waals surface area contributed by atoms with Crippen molar-refractivity contribution in [3.8, 4) is 0 Å². The van der Waals surface area contributed by atoms with Gasteiger partial charge < -0.3 is 16.0 Å². The molecule has 0 saturated carbocycles. The first-order chi connectivity index (χ1) is 10.7. The lowest BCUT2D eigenvalue weighted by Crippen LogP contribution is -2.34. The molecule has 5 nitrogen and oxygen atoms in total. The zero-order valence-electron chi connectivity index (χ0n) is 13.9. The fraction of sp³-hybridized carbons (Fsp3) is 0.562. The summed E-state index contributed by atoms with van der Waals surface area (Å²) >= 11 is 4.90. The number of rotatable bonds is 4. The molecule has 2 rings (SSSR count). The van der Waals surface area contributed by atoms with Gasteiger partial charge in [0.2, 0.25) is 0 Å². The van der Waals surface area contributed by atoms with Crippen LogP contribution in [0.1, 0.15) is 33.6 Å². The van der Waals surface area contributed by atoms with Gasteiger partial charge >= 0.3 is 0 Å². The van der Waals surface area contributed by atoms with Gasteiger partial charge in [0, 0.05) is 18.8 Å². The topological polar surface area (TPSA) is 75.4 Å². The molecule has 128 valence electrons. The van der Waals surface area contributed by atoms with Crippen LogP contribution >= 0.6 is 12.2 Å². The highest BCUT2D eigenvalue weighted by Crippen LogP contribution is 2.31. The summed E-state index contributed by atoms with van der Waals surface area (Å²) in [6, 6.07) is 5.37. The molecule has 1 aromatic carbocycles. The van der Waals surface area contributed by atoms with Crippen molar-refractivity contribution in [2.45, 2.75) is 43.8 Å². The predicted molar refractivity (Wildman–Crippen MR) is 99.8 cm³/mol. The number of nitrogens with one attached hydrogen (secondary N) is 1. The van der Waals surface area contributed by atoms with Crippen LogP contribution in [0.25, 0.3) is 0 Å². The Morgan fingerprint density at radius 2 is 2.13 bits per heavy atom. The van der Waals surface area contributed by atoms with Crippen molar-refractivity contribution in [2.24, 2.45) is 11.7 Å². The monoisotopic (exact) mass is 355 g/mol. The molecule has 1 fully saturated rings. The van der Waals surface area contributed by atoms with Crippen molar-refractivity contribution < 1.29 is 8.42 Å². The number of piperidine rings is 1. The number of nitrogens with two attached hydrogens (primary N) is 1. The standard InChI is InChI=1S/C16H25N3O2S2/c1-11(2)23(20,21)15-7-6-13(9-14(15)18-16(17)22)19-8-4-5-12(3)10-19/h6-7,9,11-12H,4-5,8,10H2,1-3H3,(H3,17,18,22). The fourth-order valence-electron chi connectivity index (χ4n) is 2.87. The second kappa shape index (κ2) is 7.05. The highest BCUT2D eigenvalue weighted by atomic mass is 32.2. The van der Waals surface area contributed by atoms with E-state index in [0.29, 0.717) is 11.6 Å². The summed E-state index contributed by atoms with van der Waals surface area (Å²) in [7, 11) is -3.41. The van der Waals surface area contributed by atoms with Gasteiger partial charge in [0.25, 0.3) is 0 Å². The van der Waals surface area contributed by atoms with Gasteiger partial charge in [0.05, 0.1) is 15.8 Å². The summed E-state index contributed by atoms with van der Waals surface area (Å²) in [6.07, 6.45) is 2.37. The van der Waals surface area contributed by atoms with E-state index in [4.69, 9.17) is 18.0 Å². The molecular weight excluding hydrogens is 330 g/mol. The molecule has 1 atom stereocenters. The molecule has 1 aromatic rings. The molecule has 0 aromatic heterocycles. The van der Waals surface area contributed by atoms with E-state index in [9.17, 15) is 8.42 Å². The van der Waals surface area contributed by atoms with Crippen molar-refractivity contribution in [1.29, 1.82) is 0 Å². The molecule has 1 heterocycles. The van der Waals surface area contributed by atoms with Crippen LogP contribution in [0.3, 0.4) is 0 Å². The molecule has 1 saturated heterocycles. The Kier molecular flexibility index (Phi) is 5.52. The lowest BCUT2D eigenvalue weighted by molar-refractivity contribution is 0.447. The second-order valence-corrected chi connectivity index (χ2v) is 9.37. The Hall–Kier alpha value is -1.34. The third kappa shape index (κ3) is 4.14. The minimum atomic E-state index is -3.41. The molecule has 0 radical (unpaired) electrons. The molecule has 3 N–H and O–H groups in total. The molecular formula is C16H25N3O2S2. The summed E-state index contributed by atoms with van der Waals surface area (Å²) in [5.74, 6) is 0.634. The van der Waals surface area contributed by atoms with Crippen LogP contribution in [0, 0.1) is 5.92 Å². The molecule has 0 bridgehead atoms. The van der Waals surface area contributed by atoms with Gasteiger partial charge in [0.1, 0.15) is 0 Å². The van der Waals surface area contributed by atoms with Crippen LogP contribution < -0.4 is 16.0 Å². The van der Waals surface area contributed by atoms with Gasteiger partial charge in [-0.2, -0.15) is 0 Å². The van der Waals surface area contributed by atoms with Crippen molar-refractivity contribution in [3.63, 3.8) is 0 Å². The largest absolute Gasteiger partial charge is 0.376 e. The Labute approximate surface area is 144 Å². The zero-order valence-corrected chi connectivity index (χ0v) is 15.5. The van der Waals surface area contributed by atoms with Gasteiger partial charge in [-0.15, -0.1) is 0 Å². The first kappa shape index (κ1) is 18.0. The van der Waals surface area contributed by atoms with Gasteiger partial charge in [-0.3, -0.25) is 0 Å². The summed E-state index contributed by atoms with van der Waals surface area (Å²) in [5.41, 5.74) is 7.03. The average Bonchev–Trinajstić information content (AvgIpc) is 2.46. The molecule has 0 amide bonds. The first-order valence-corrected chi connectivity index (χ1v) is 9.86. The van der Waals surface area contributed by atoms with E-state index in [1.807, 2.05) is 12.1 Å². The predicted octanol–water partition coefficient (Wildman–Crippen LogP) is 2.76. The van der Waals surface area contributed by atoms with Crippen LogP contribution in [0.4, 0.5) is 11.4 Å². The summed E-state index contributed by atoms with van der Waals surface area (Å²) in [4.78, 5) is 2.53. The summed E-state index contributed by atoms with van der Waals surface area (Å²) < 4.78 is 25.1. The maximum Gasteiger partial charge on any atom is 0.182 e. The highest BCUT2D eigenvalue weighted by molar-refractivity contribution is 7.92. The smallest absolute Gasteiger partial charge is 0.182 e. The van der Waals surface area contributed by atoms with Crippen molar-refractivity contribution in [1.82, 2.24) is 0 Å². The van der Waals surface area contributed by atoms with Crippen molar-refractivity contribution in [2.75, 3.05) is 23.3 Å². The molecule has 0 aliphatic carbocycles. The van der Waals surface area contributed by atoms with E-state index < -0.39 is 15.1 Å². The minimum absolute atomic E-state index is 0.0642. The summed E-state index contributed by atoms with van der Waals surface area (Å²) in [5, 5.41) is 2.39. The highest BCUT2D eigenvalue weighted by Gasteiger charge is 2.25. The van der Waals surface area contributed by atoms with Crippen LogP contribution in [0.2, 0.25) is 0 Å². The van der Waals surface area contributed by atoms with Gasteiger partial charge in [-0.05, 0) is 63.0 Å². The van der Waals surface area contributed by atoms with Crippen LogP contribution in [0.15, 0.2) is 23.1 Å². The van der Waals surface area contributed by atoms with E-state index in [-0.39, 0.29) is 10.0 Å². The van der Waals surface area contributed by atoms with Gasteiger partial charge in [-0.1, -0.05) is 6.92 Å². The Morgan fingerprint density at radius 1 is 1.43 bits per heavy atom. The van der Waals surface area contributed by atoms with Crippen LogP contribution in [-0.4, -0.2) is 31.9 Å². The lowest BCUT2D eigenvalue weighted by atomic mass is 10.00. The number of hydrogen-bond donors (Lipinski definition) is 2. The number of nitrogens with zero attached hydrogens (tertiary/aromatic N) is 1. The maximum absolute atomic E-state index is 12.5. The average molecular weight is 356 g/mol. The molecule has 23 heavy (non-hydrogen) atoms. The number of thiocarbonyl (C=S) groups is 1. The lowest BCUT2D eigenvalue weighted by Gasteiger charge is -2.33. The normalized spacial score (nSPS) is 19.0. The van der Waals surface area contributed by atoms with Crippen molar-refractivity contribution in [3.05, 3.63) is 18.2 Å². The quantitative estimate of drug-likeness (QED) is 0.809. The Morgan fingerprint density at radius 3 is 2.70 bits per heavy atom. The van der Waals surface area contributed by atoms with E-state index >= 15 is 0 Å². The van der Waals surface area contributed by atoms with E-state index in [1.54, 1.807) is 19.9 Å². The number of sulfone groups is 1. The van der Waals surface area contributed by atoms with Crippen LogP contribution in [0.5, 0.6) is 0 Å².